The minimum atomic E-state index is -4.75. The number of carbonyl (C=O) groups is 2. The van der Waals surface area contributed by atoms with Crippen LogP contribution < -0.4 is 4.90 Å². The van der Waals surface area contributed by atoms with Crippen molar-refractivity contribution in [1.29, 1.82) is 0 Å². The molecular weight excluding hydrogens is 406 g/mol. The van der Waals surface area contributed by atoms with E-state index in [9.17, 15) is 27.2 Å². The monoisotopic (exact) mass is 423 g/mol. The minimum absolute atomic E-state index is 0.0530. The smallest absolute Gasteiger partial charge is 0.274 e. The Morgan fingerprint density at radius 1 is 1.19 bits per heavy atom. The summed E-state index contributed by atoms with van der Waals surface area (Å²) in [6.07, 6.45) is -4.75. The number of hydrogen-bond acceptors (Lipinski definition) is 3. The third kappa shape index (κ3) is 5.84. The van der Waals surface area contributed by atoms with Crippen LogP contribution in [0.15, 0.2) is 40.3 Å². The van der Waals surface area contributed by atoms with Gasteiger partial charge in [0.2, 0.25) is 5.91 Å². The summed E-state index contributed by atoms with van der Waals surface area (Å²) < 4.78 is 53.1. The summed E-state index contributed by atoms with van der Waals surface area (Å²) in [5.74, 6) is -2.73. The molecule has 0 N–H and O–H groups in total. The molecule has 0 aliphatic rings. The van der Waals surface area contributed by atoms with Crippen LogP contribution in [0.3, 0.4) is 0 Å². The molecule has 0 unspecified atom stereocenters. The average molecular weight is 424 g/mol. The molecule has 1 rings (SSSR count). The van der Waals surface area contributed by atoms with Crippen molar-refractivity contribution in [3.05, 3.63) is 46.3 Å². The Balaban J connectivity index is 3.48. The van der Waals surface area contributed by atoms with Gasteiger partial charge in [-0.05, 0) is 32.9 Å². The van der Waals surface area contributed by atoms with Gasteiger partial charge in [0, 0.05) is 28.7 Å². The van der Waals surface area contributed by atoms with Crippen LogP contribution in [0.5, 0.6) is 0 Å². The van der Waals surface area contributed by atoms with Crippen molar-refractivity contribution in [3.8, 4) is 0 Å². The Morgan fingerprint density at radius 3 is 2.19 bits per heavy atom. The van der Waals surface area contributed by atoms with Crippen molar-refractivity contribution in [2.24, 2.45) is 0 Å². The molecule has 0 aromatic heterocycles. The van der Waals surface area contributed by atoms with Crippen LogP contribution in [0.1, 0.15) is 27.7 Å². The van der Waals surface area contributed by atoms with E-state index in [1.165, 1.54) is 17.8 Å². The van der Waals surface area contributed by atoms with Gasteiger partial charge in [-0.2, -0.15) is 13.2 Å². The van der Waals surface area contributed by atoms with Crippen LogP contribution >= 0.6 is 23.4 Å². The van der Waals surface area contributed by atoms with Crippen molar-refractivity contribution >= 4 is 40.9 Å². The van der Waals surface area contributed by atoms with Crippen LogP contribution in [-0.2, 0) is 9.59 Å². The maximum atomic E-state index is 14.4. The summed E-state index contributed by atoms with van der Waals surface area (Å²) in [5, 5.41) is 0.0530. The largest absolute Gasteiger partial charge is 0.412 e. The van der Waals surface area contributed by atoms with E-state index >= 15 is 0 Å². The number of alkyl halides is 3. The summed E-state index contributed by atoms with van der Waals surface area (Å²) in [4.78, 5) is 25.2. The number of halogens is 5. The predicted molar refractivity (Wildman–Crippen MR) is 99.5 cm³/mol. The van der Waals surface area contributed by atoms with E-state index in [1.54, 1.807) is 6.92 Å². The van der Waals surface area contributed by atoms with Gasteiger partial charge in [0.25, 0.3) is 5.91 Å². The number of carbonyl (C=O) groups excluding carboxylic acids is 2. The molecule has 0 saturated carbocycles. The van der Waals surface area contributed by atoms with Crippen LogP contribution in [-0.4, -0.2) is 23.7 Å². The summed E-state index contributed by atoms with van der Waals surface area (Å²) in [6, 6.07) is 2.08. The van der Waals surface area contributed by atoms with Gasteiger partial charge in [0.05, 0.1) is 10.7 Å². The summed E-state index contributed by atoms with van der Waals surface area (Å²) in [6.45, 7) is 8.11. The van der Waals surface area contributed by atoms with Crippen molar-refractivity contribution in [1.82, 2.24) is 0 Å². The second kappa shape index (κ2) is 8.93. The Hall–Kier alpha value is -1.80. The first-order valence-corrected chi connectivity index (χ1v) is 8.99. The van der Waals surface area contributed by atoms with Gasteiger partial charge in [0.15, 0.2) is 0 Å². The number of imide groups is 1. The first-order valence-electron chi connectivity index (χ1n) is 7.63. The van der Waals surface area contributed by atoms with Crippen LogP contribution in [0.2, 0.25) is 5.02 Å². The Labute approximate surface area is 164 Å². The van der Waals surface area contributed by atoms with Gasteiger partial charge in [-0.25, -0.2) is 9.29 Å². The van der Waals surface area contributed by atoms with Crippen molar-refractivity contribution in [2.75, 3.05) is 10.7 Å². The average Bonchev–Trinajstić information content (AvgIpc) is 2.53. The molecule has 0 aliphatic heterocycles. The molecule has 3 nitrogen and oxygen atoms in total. The zero-order chi connectivity index (χ0) is 21.1. The van der Waals surface area contributed by atoms with Gasteiger partial charge in [-0.1, -0.05) is 23.8 Å². The molecule has 9 heteroatoms. The van der Waals surface area contributed by atoms with E-state index in [-0.39, 0.29) is 5.02 Å². The maximum absolute atomic E-state index is 14.4. The molecule has 0 fully saturated rings. The number of allylic oxidation sites excluding steroid dienone is 1. The fourth-order valence-electron chi connectivity index (χ4n) is 1.96. The highest BCUT2D eigenvalue weighted by molar-refractivity contribution is 7.99. The van der Waals surface area contributed by atoms with Crippen molar-refractivity contribution in [2.45, 2.75) is 38.8 Å². The van der Waals surface area contributed by atoms with Gasteiger partial charge in [0.1, 0.15) is 5.82 Å². The predicted octanol–water partition coefficient (Wildman–Crippen LogP) is 5.93. The van der Waals surface area contributed by atoms with Gasteiger partial charge in [-0.3, -0.25) is 9.59 Å². The molecule has 1 aromatic rings. The second-order valence-corrected chi connectivity index (χ2v) is 7.31. The number of amides is 2. The molecule has 0 bridgehead atoms. The molecular formula is C18H18ClF4NO2S. The number of rotatable bonds is 5. The summed E-state index contributed by atoms with van der Waals surface area (Å²) >= 11 is 7.18. The maximum Gasteiger partial charge on any atom is 0.412 e. The molecule has 0 atom stereocenters. The Kier molecular flexibility index (Phi) is 7.68. The lowest BCUT2D eigenvalue weighted by atomic mass is 10.1. The highest BCUT2D eigenvalue weighted by Gasteiger charge is 2.35. The first kappa shape index (κ1) is 23.2. The molecule has 27 heavy (non-hydrogen) atoms. The fraction of sp³-hybridized carbons (Fsp3) is 0.333. The zero-order valence-corrected chi connectivity index (χ0v) is 16.7. The molecule has 1 aromatic carbocycles. The van der Waals surface area contributed by atoms with E-state index in [1.807, 2.05) is 0 Å². The summed E-state index contributed by atoms with van der Waals surface area (Å²) in [5.41, 5.74) is -1.52. The van der Waals surface area contributed by atoms with E-state index < -0.39 is 40.6 Å². The number of nitrogens with zero attached hydrogens (tertiary/aromatic N) is 1. The Bertz CT molecular complexity index is 818. The molecule has 0 heterocycles. The number of anilines is 1. The van der Waals surface area contributed by atoms with E-state index in [2.05, 4.69) is 6.58 Å². The standard InChI is InChI=1S/C18H18ClF4NO2S/c1-9(2)8-27-16-7-15(14(20)6-13(16)19)24(12(5)25)17(26)10(3)11(4)18(21,22)23/h6-7H,1,8H2,2-5H3/b11-10+. The van der Waals surface area contributed by atoms with Crippen LogP contribution in [0.25, 0.3) is 0 Å². The SMILES string of the molecule is C=C(C)CSc1cc(N(C(C)=O)C(=O)/C(C)=C(\C)C(F)(F)F)c(F)cc1Cl. The third-order valence-electron chi connectivity index (χ3n) is 3.54. The lowest BCUT2D eigenvalue weighted by Crippen LogP contribution is -2.37. The van der Waals surface area contributed by atoms with Crippen LogP contribution in [0, 0.1) is 5.82 Å². The fourth-order valence-corrected chi connectivity index (χ4v) is 3.07. The highest BCUT2D eigenvalue weighted by atomic mass is 35.5. The van der Waals surface area contributed by atoms with Gasteiger partial charge < -0.3 is 0 Å². The van der Waals surface area contributed by atoms with Gasteiger partial charge in [-0.15, -0.1) is 11.8 Å². The number of benzene rings is 1. The van der Waals surface area contributed by atoms with E-state index in [4.69, 9.17) is 11.6 Å². The Morgan fingerprint density at radius 2 is 1.74 bits per heavy atom. The summed E-state index contributed by atoms with van der Waals surface area (Å²) in [7, 11) is 0. The highest BCUT2D eigenvalue weighted by Crippen LogP contribution is 2.36. The van der Waals surface area contributed by atoms with Crippen molar-refractivity contribution in [3.63, 3.8) is 0 Å². The molecule has 0 aliphatic carbocycles. The quantitative estimate of drug-likeness (QED) is 0.255. The number of thioether (sulfide) groups is 1. The third-order valence-corrected chi connectivity index (χ3v) is 5.25. The van der Waals surface area contributed by atoms with Crippen molar-refractivity contribution < 1.29 is 27.2 Å². The van der Waals surface area contributed by atoms with E-state index in [0.29, 0.717) is 15.5 Å². The normalized spacial score (nSPS) is 12.5. The molecule has 0 spiro atoms. The lowest BCUT2D eigenvalue weighted by molar-refractivity contribution is -0.124. The van der Waals surface area contributed by atoms with Crippen LogP contribution in [0.4, 0.5) is 23.2 Å². The lowest BCUT2D eigenvalue weighted by Gasteiger charge is -2.22. The molecule has 0 radical (unpaired) electrons. The zero-order valence-electron chi connectivity index (χ0n) is 15.1. The topological polar surface area (TPSA) is 37.4 Å². The second-order valence-electron chi connectivity index (χ2n) is 5.89. The van der Waals surface area contributed by atoms with E-state index in [0.717, 1.165) is 32.4 Å². The minimum Gasteiger partial charge on any atom is -0.274 e. The molecule has 148 valence electrons. The first-order chi connectivity index (χ1) is 12.3. The number of hydrogen-bond donors (Lipinski definition) is 0. The molecule has 2 amide bonds. The molecule has 0 saturated heterocycles. The van der Waals surface area contributed by atoms with Gasteiger partial charge >= 0.3 is 6.18 Å².